The molecule has 0 bridgehead atoms. The van der Waals surface area contributed by atoms with Gasteiger partial charge in [-0.15, -0.1) is 0 Å². The maximum atomic E-state index is 11.4. The van der Waals surface area contributed by atoms with Gasteiger partial charge in [0.15, 0.2) is 0 Å². The van der Waals surface area contributed by atoms with Crippen LogP contribution in [0.15, 0.2) is 11.1 Å². The lowest BCUT2D eigenvalue weighted by Gasteiger charge is -2.22. The van der Waals surface area contributed by atoms with Crippen molar-refractivity contribution < 1.29 is 14.2 Å². The number of nitrogens with one attached hydrogen (secondary N) is 1. The van der Waals surface area contributed by atoms with Gasteiger partial charge in [0.2, 0.25) is 5.75 Å². The van der Waals surface area contributed by atoms with E-state index in [1.807, 2.05) is 13.8 Å². The highest BCUT2D eigenvalue weighted by Gasteiger charge is 2.17. The zero-order valence-corrected chi connectivity index (χ0v) is 10.6. The first-order valence-corrected chi connectivity index (χ1v) is 5.30. The van der Waals surface area contributed by atoms with Crippen molar-refractivity contribution in [3.63, 3.8) is 0 Å². The van der Waals surface area contributed by atoms with Crippen LogP contribution < -0.4 is 15.0 Å². The Labute approximate surface area is 99.9 Å². The molecule has 17 heavy (non-hydrogen) atoms. The van der Waals surface area contributed by atoms with Gasteiger partial charge in [-0.1, -0.05) is 0 Å². The molecule has 6 heteroatoms. The highest BCUT2D eigenvalue weighted by Crippen LogP contribution is 2.19. The second kappa shape index (κ2) is 5.67. The molecule has 0 amide bonds. The van der Waals surface area contributed by atoms with E-state index in [-0.39, 0.29) is 22.8 Å². The average molecular weight is 242 g/mol. The third-order valence-corrected chi connectivity index (χ3v) is 2.48. The minimum atomic E-state index is -0.358. The quantitative estimate of drug-likeness (QED) is 0.804. The Bertz CT molecular complexity index is 414. The van der Waals surface area contributed by atoms with Gasteiger partial charge in [0.25, 0.3) is 11.4 Å². The van der Waals surface area contributed by atoms with Crippen molar-refractivity contribution in [2.45, 2.75) is 25.9 Å². The van der Waals surface area contributed by atoms with Gasteiger partial charge in [-0.3, -0.25) is 4.79 Å². The second-order valence-corrected chi connectivity index (χ2v) is 4.13. The van der Waals surface area contributed by atoms with Gasteiger partial charge in [-0.05, 0) is 13.8 Å². The molecule has 1 aromatic rings. The first kappa shape index (κ1) is 13.5. The third kappa shape index (κ3) is 3.74. The molecule has 1 N–H and O–H groups in total. The summed E-state index contributed by atoms with van der Waals surface area (Å²) in [6, 6.07) is 0. The van der Waals surface area contributed by atoms with Crippen LogP contribution in [0, 0.1) is 0 Å². The van der Waals surface area contributed by atoms with E-state index in [4.69, 9.17) is 14.2 Å². The fourth-order valence-electron chi connectivity index (χ4n) is 1.15. The van der Waals surface area contributed by atoms with Crippen molar-refractivity contribution in [1.82, 2.24) is 9.97 Å². The van der Waals surface area contributed by atoms with Crippen LogP contribution in [0.5, 0.6) is 11.6 Å². The second-order valence-electron chi connectivity index (χ2n) is 4.13. The van der Waals surface area contributed by atoms with Crippen molar-refractivity contribution in [2.75, 3.05) is 20.8 Å². The highest BCUT2D eigenvalue weighted by molar-refractivity contribution is 5.29. The Morgan fingerprint density at radius 3 is 2.71 bits per heavy atom. The summed E-state index contributed by atoms with van der Waals surface area (Å²) < 4.78 is 15.6. The summed E-state index contributed by atoms with van der Waals surface area (Å²) in [5, 5.41) is 0. The van der Waals surface area contributed by atoms with Gasteiger partial charge in [0.05, 0.1) is 25.6 Å². The molecule has 6 nitrogen and oxygen atoms in total. The van der Waals surface area contributed by atoms with Crippen LogP contribution in [0.2, 0.25) is 0 Å². The average Bonchev–Trinajstić information content (AvgIpc) is 2.29. The minimum Gasteiger partial charge on any atom is -0.487 e. The molecular weight excluding hydrogens is 224 g/mol. The van der Waals surface area contributed by atoms with Gasteiger partial charge in [0.1, 0.15) is 0 Å². The summed E-state index contributed by atoms with van der Waals surface area (Å²) >= 11 is 0. The lowest BCUT2D eigenvalue weighted by molar-refractivity contribution is 0.00482. The highest BCUT2D eigenvalue weighted by atomic mass is 16.5. The zero-order chi connectivity index (χ0) is 12.9. The van der Waals surface area contributed by atoms with Crippen molar-refractivity contribution in [3.8, 4) is 11.6 Å². The minimum absolute atomic E-state index is 0.0859. The van der Waals surface area contributed by atoms with Crippen LogP contribution in [0.3, 0.4) is 0 Å². The number of aromatic amines is 1. The number of hydrogen-bond donors (Lipinski definition) is 1. The maximum absolute atomic E-state index is 11.4. The summed E-state index contributed by atoms with van der Waals surface area (Å²) in [4.78, 5) is 17.7. The molecule has 1 heterocycles. The topological polar surface area (TPSA) is 73.4 Å². The van der Waals surface area contributed by atoms with Crippen molar-refractivity contribution in [3.05, 3.63) is 16.7 Å². The number of hydrogen-bond acceptors (Lipinski definition) is 5. The zero-order valence-electron chi connectivity index (χ0n) is 10.6. The van der Waals surface area contributed by atoms with E-state index in [2.05, 4.69) is 9.97 Å². The summed E-state index contributed by atoms with van der Waals surface area (Å²) in [5.41, 5.74) is -0.627. The van der Waals surface area contributed by atoms with Gasteiger partial charge in [-0.25, -0.2) is 4.98 Å². The molecule has 0 spiro atoms. The number of aromatic nitrogens is 2. The predicted molar refractivity (Wildman–Crippen MR) is 62.6 cm³/mol. The number of H-pyrrole nitrogens is 1. The molecule has 0 aliphatic rings. The molecule has 0 saturated heterocycles. The molecule has 0 unspecified atom stereocenters. The smallest absolute Gasteiger partial charge is 0.297 e. The molecule has 0 aliphatic heterocycles. The Hall–Kier alpha value is -1.56. The number of ether oxygens (including phenoxy) is 3. The normalized spacial score (nSPS) is 11.3. The summed E-state index contributed by atoms with van der Waals surface area (Å²) in [5.74, 6) is 0.283. The van der Waals surface area contributed by atoms with E-state index in [1.165, 1.54) is 13.4 Å². The van der Waals surface area contributed by atoms with Gasteiger partial charge in [-0.2, -0.15) is 0 Å². The Morgan fingerprint density at radius 2 is 2.12 bits per heavy atom. The number of methoxy groups -OCH3 is 2. The number of rotatable bonds is 6. The van der Waals surface area contributed by atoms with E-state index in [1.54, 1.807) is 7.11 Å². The Morgan fingerprint density at radius 1 is 1.41 bits per heavy atom. The molecule has 0 saturated carbocycles. The van der Waals surface area contributed by atoms with Gasteiger partial charge < -0.3 is 19.2 Å². The fourth-order valence-corrected chi connectivity index (χ4v) is 1.15. The lowest BCUT2D eigenvalue weighted by Crippen LogP contribution is -2.25. The van der Waals surface area contributed by atoms with Crippen LogP contribution in [-0.4, -0.2) is 36.4 Å². The van der Waals surface area contributed by atoms with Crippen LogP contribution >= 0.6 is 0 Å². The molecule has 96 valence electrons. The van der Waals surface area contributed by atoms with Crippen molar-refractivity contribution in [2.24, 2.45) is 0 Å². The van der Waals surface area contributed by atoms with E-state index >= 15 is 0 Å². The van der Waals surface area contributed by atoms with E-state index < -0.39 is 0 Å². The van der Waals surface area contributed by atoms with Gasteiger partial charge in [0, 0.05) is 13.5 Å². The molecule has 0 radical (unpaired) electrons. The number of nitrogens with zero attached hydrogens (tertiary/aromatic N) is 1. The van der Waals surface area contributed by atoms with Crippen LogP contribution in [0.25, 0.3) is 0 Å². The molecule has 1 aromatic heterocycles. The van der Waals surface area contributed by atoms with Crippen LogP contribution in [-0.2, 0) is 4.74 Å². The monoisotopic (exact) mass is 242 g/mol. The lowest BCUT2D eigenvalue weighted by atomic mass is 10.1. The summed E-state index contributed by atoms with van der Waals surface area (Å²) in [7, 11) is 3.05. The van der Waals surface area contributed by atoms with E-state index in [0.717, 1.165) is 0 Å². The molecule has 1 rings (SSSR count). The standard InChI is InChI=1S/C11H18N2O4/c1-11(2,16-4)5-6-17-10-8(15-3)9(14)12-7-13-10/h7H,5-6H2,1-4H3,(H,12,13,14). The first-order chi connectivity index (χ1) is 8.00. The molecule has 0 fully saturated rings. The molecule has 0 aliphatic carbocycles. The SMILES string of the molecule is COc1c(OCCC(C)(C)OC)nc[nH]c1=O. The van der Waals surface area contributed by atoms with Gasteiger partial charge >= 0.3 is 0 Å². The maximum Gasteiger partial charge on any atom is 0.297 e. The predicted octanol–water partition coefficient (Wildman–Crippen LogP) is 0.972. The fraction of sp³-hybridized carbons (Fsp3) is 0.636. The van der Waals surface area contributed by atoms with Crippen molar-refractivity contribution >= 4 is 0 Å². The van der Waals surface area contributed by atoms with E-state index in [9.17, 15) is 4.79 Å². The summed E-state index contributed by atoms with van der Waals surface area (Å²) in [6.45, 7) is 4.31. The molecular formula is C11H18N2O4. The van der Waals surface area contributed by atoms with Crippen LogP contribution in [0.1, 0.15) is 20.3 Å². The Balaban J connectivity index is 2.64. The third-order valence-electron chi connectivity index (χ3n) is 2.48. The largest absolute Gasteiger partial charge is 0.487 e. The van der Waals surface area contributed by atoms with Crippen molar-refractivity contribution in [1.29, 1.82) is 0 Å². The van der Waals surface area contributed by atoms with Crippen LogP contribution in [0.4, 0.5) is 0 Å². The van der Waals surface area contributed by atoms with E-state index in [0.29, 0.717) is 13.0 Å². The summed E-state index contributed by atoms with van der Waals surface area (Å²) in [6.07, 6.45) is 1.96. The molecule has 0 aromatic carbocycles. The Kier molecular flexibility index (Phi) is 4.51. The molecule has 0 atom stereocenters. The first-order valence-electron chi connectivity index (χ1n) is 5.30.